The van der Waals surface area contributed by atoms with E-state index in [9.17, 15) is 0 Å². The smallest absolute Gasteiger partial charge is 0.554 e. The molecule has 0 aliphatic heterocycles. The summed E-state index contributed by atoms with van der Waals surface area (Å²) in [6.45, 7) is -0.500. The third kappa shape index (κ3) is 3.62. The van der Waals surface area contributed by atoms with Crippen LogP contribution in [-0.4, -0.2) is 6.47 Å². The maximum Gasteiger partial charge on any atom is 1.00 e. The molecule has 3 aromatic rings. The second-order valence-electron chi connectivity index (χ2n) is 3.64. The number of fused-ring (bicyclic) bond motifs is 2. The third-order valence-corrected chi connectivity index (χ3v) is 2.61. The molecule has 0 fully saturated rings. The van der Waals surface area contributed by atoms with Crippen molar-refractivity contribution in [1.82, 2.24) is 0 Å². The Morgan fingerprint density at radius 2 is 0.944 bits per heavy atom. The van der Waals surface area contributed by atoms with Crippen molar-refractivity contribution < 1.29 is 59.8 Å². The van der Waals surface area contributed by atoms with Gasteiger partial charge in [-0.3, -0.25) is 0 Å². The van der Waals surface area contributed by atoms with E-state index in [1.807, 2.05) is 0 Å². The van der Waals surface area contributed by atoms with Gasteiger partial charge in [0.25, 0.3) is 0 Å². The summed E-state index contributed by atoms with van der Waals surface area (Å²) in [5.74, 6) is 0. The van der Waals surface area contributed by atoms with Gasteiger partial charge in [0.15, 0.2) is 0 Å². The molecule has 0 spiro atoms. The van der Waals surface area contributed by atoms with Crippen LogP contribution in [0.3, 0.4) is 0 Å². The summed E-state index contributed by atoms with van der Waals surface area (Å²) >= 11 is 0. The van der Waals surface area contributed by atoms with Gasteiger partial charge in [-0.25, -0.2) is 0 Å². The fourth-order valence-electron chi connectivity index (χ4n) is 1.88. The van der Waals surface area contributed by atoms with E-state index in [2.05, 4.69) is 60.7 Å². The number of hydrogen-bond donors (Lipinski definition) is 0. The molecule has 0 radical (unpaired) electrons. The van der Waals surface area contributed by atoms with E-state index in [4.69, 9.17) is 9.90 Å². The van der Waals surface area contributed by atoms with Gasteiger partial charge >= 0.3 is 49.9 Å². The molecule has 3 heteroatoms. The SMILES string of the molecule is O=C[O-].[Fr+].c1ccc2cc3ccccc3cc2c1. The molecule has 0 saturated carbocycles. The number of hydrogen-bond acceptors (Lipinski definition) is 2. The Morgan fingerprint density at radius 3 is 1.17 bits per heavy atom. The molecule has 0 aliphatic rings. The van der Waals surface area contributed by atoms with Crippen LogP contribution in [0, 0.1) is 49.9 Å². The average Bonchev–Trinajstić information content (AvgIpc) is 2.37. The molecule has 0 atom stereocenters. The Bertz CT molecular complexity index is 545. The number of benzene rings is 3. The van der Waals surface area contributed by atoms with Crippen LogP contribution in [0.2, 0.25) is 0 Å². The second kappa shape index (κ2) is 7.63. The first kappa shape index (κ1) is 15.3. The summed E-state index contributed by atoms with van der Waals surface area (Å²) in [6.07, 6.45) is 0. The summed E-state index contributed by atoms with van der Waals surface area (Å²) in [5, 5.41) is 13.5. The van der Waals surface area contributed by atoms with Gasteiger partial charge in [-0.15, -0.1) is 0 Å². The van der Waals surface area contributed by atoms with Crippen molar-refractivity contribution in [3.8, 4) is 0 Å². The van der Waals surface area contributed by atoms with E-state index in [0.717, 1.165) is 0 Å². The minimum absolute atomic E-state index is 0. The van der Waals surface area contributed by atoms with Gasteiger partial charge in [0.1, 0.15) is 0 Å². The maximum atomic E-state index is 8.25. The van der Waals surface area contributed by atoms with Crippen LogP contribution in [0.1, 0.15) is 0 Å². The summed E-state index contributed by atoms with van der Waals surface area (Å²) in [5.41, 5.74) is 0. The summed E-state index contributed by atoms with van der Waals surface area (Å²) in [7, 11) is 0. The van der Waals surface area contributed by atoms with Crippen molar-refractivity contribution in [2.75, 3.05) is 0 Å². The van der Waals surface area contributed by atoms with Gasteiger partial charge in [-0.2, -0.15) is 0 Å². The Balaban J connectivity index is 0.000000372. The molecule has 84 valence electrons. The molecule has 2 nitrogen and oxygen atoms in total. The molecular formula is C15H11FrO2. The van der Waals surface area contributed by atoms with Crippen LogP contribution in [0.5, 0.6) is 0 Å². The van der Waals surface area contributed by atoms with Crippen molar-refractivity contribution in [2.24, 2.45) is 0 Å². The normalized spacial score (nSPS) is 9.11. The molecule has 0 bridgehead atoms. The van der Waals surface area contributed by atoms with Crippen LogP contribution in [-0.2, 0) is 4.79 Å². The van der Waals surface area contributed by atoms with E-state index in [-0.39, 0.29) is 49.9 Å². The molecule has 0 unspecified atom stereocenters. The molecular weight excluding hydrogens is 435 g/mol. The van der Waals surface area contributed by atoms with Crippen LogP contribution < -0.4 is 5.11 Å². The molecule has 0 N–H and O–H groups in total. The number of carbonyl (C=O) groups excluding carboxylic acids is 1. The van der Waals surface area contributed by atoms with Crippen LogP contribution in [0.25, 0.3) is 21.5 Å². The molecule has 3 aromatic carbocycles. The minimum Gasteiger partial charge on any atom is -0.554 e. The van der Waals surface area contributed by atoms with Crippen molar-refractivity contribution in [2.45, 2.75) is 0 Å². The Labute approximate surface area is 147 Å². The number of carboxylic acid groups (broad SMARTS) is 1. The van der Waals surface area contributed by atoms with Crippen LogP contribution in [0.15, 0.2) is 60.7 Å². The summed E-state index contributed by atoms with van der Waals surface area (Å²) < 4.78 is 0. The zero-order valence-corrected chi connectivity index (χ0v) is 18.4. The molecule has 3 rings (SSSR count). The van der Waals surface area contributed by atoms with Crippen LogP contribution >= 0.6 is 0 Å². The van der Waals surface area contributed by atoms with E-state index in [0.29, 0.717) is 0 Å². The first-order chi connectivity index (χ1) is 8.35. The van der Waals surface area contributed by atoms with Gasteiger partial charge in [0.2, 0.25) is 0 Å². The number of rotatable bonds is 0. The predicted octanol–water partition coefficient (Wildman–Crippen LogP) is 2.36. The molecule has 0 amide bonds. The zero-order valence-electron chi connectivity index (χ0n) is 10.2. The molecule has 0 saturated heterocycles. The molecule has 0 heterocycles. The zero-order chi connectivity index (χ0) is 12.1. The first-order valence-corrected chi connectivity index (χ1v) is 5.28. The fraction of sp³-hybridized carbons (Fsp3) is 0. The van der Waals surface area contributed by atoms with Gasteiger partial charge in [-0.1, -0.05) is 48.5 Å². The Morgan fingerprint density at radius 1 is 0.722 bits per heavy atom. The van der Waals surface area contributed by atoms with E-state index in [1.54, 1.807) is 0 Å². The fourth-order valence-corrected chi connectivity index (χ4v) is 1.88. The second-order valence-corrected chi connectivity index (χ2v) is 3.64. The first-order valence-electron chi connectivity index (χ1n) is 5.28. The molecule has 18 heavy (non-hydrogen) atoms. The quantitative estimate of drug-likeness (QED) is 0.393. The van der Waals surface area contributed by atoms with E-state index < -0.39 is 6.47 Å². The third-order valence-electron chi connectivity index (χ3n) is 2.61. The van der Waals surface area contributed by atoms with Crippen LogP contribution in [0.4, 0.5) is 0 Å². The van der Waals surface area contributed by atoms with Gasteiger partial charge in [0, 0.05) is 6.47 Å². The molecule has 0 aliphatic carbocycles. The van der Waals surface area contributed by atoms with Crippen molar-refractivity contribution in [1.29, 1.82) is 0 Å². The predicted molar refractivity (Wildman–Crippen MR) is 67.5 cm³/mol. The standard InChI is InChI=1S/C14H10.CH2O2.Fr/c1-2-6-12-10-14-8-4-3-7-13(14)9-11(12)5-1;2-1-3;/h1-10H;1H,(H,2,3);/q;;+1/p-1. The Kier molecular flexibility index (Phi) is 6.49. The minimum atomic E-state index is -0.500. The Hall–Kier alpha value is -0.753. The van der Waals surface area contributed by atoms with E-state index >= 15 is 0 Å². The maximum absolute atomic E-state index is 8.25. The van der Waals surface area contributed by atoms with Gasteiger partial charge in [-0.05, 0) is 33.7 Å². The summed E-state index contributed by atoms with van der Waals surface area (Å²) in [6, 6.07) is 21.4. The van der Waals surface area contributed by atoms with Gasteiger partial charge in [0.05, 0.1) is 0 Å². The van der Waals surface area contributed by atoms with Gasteiger partial charge < -0.3 is 9.90 Å². The average molecular weight is 446 g/mol. The van der Waals surface area contributed by atoms with Crippen molar-refractivity contribution in [3.63, 3.8) is 0 Å². The molecule has 0 aromatic heterocycles. The van der Waals surface area contributed by atoms with Crippen molar-refractivity contribution in [3.05, 3.63) is 60.7 Å². The van der Waals surface area contributed by atoms with E-state index in [1.165, 1.54) is 21.5 Å². The topological polar surface area (TPSA) is 40.1 Å². The van der Waals surface area contributed by atoms with Crippen molar-refractivity contribution >= 4 is 28.0 Å². The number of carbonyl (C=O) groups is 1. The monoisotopic (exact) mass is 446 g/mol. The largest absolute Gasteiger partial charge is 1.00 e. The summed E-state index contributed by atoms with van der Waals surface area (Å²) in [4.78, 5) is 8.25.